The second-order valence-corrected chi connectivity index (χ2v) is 12.5. The van der Waals surface area contributed by atoms with Crippen LogP contribution in [0.3, 0.4) is 0 Å². The van der Waals surface area contributed by atoms with Gasteiger partial charge in [0.25, 0.3) is 0 Å². The molecule has 2 rings (SSSR count). The van der Waals surface area contributed by atoms with E-state index < -0.39 is 11.9 Å². The topological polar surface area (TPSA) is 127 Å². The average molecular weight is 695 g/mol. The smallest absolute Gasteiger partial charge is 0.333 e. The minimum Gasteiger partial charge on any atom is -0.481 e. The molecule has 0 saturated heterocycles. The highest BCUT2D eigenvalue weighted by Gasteiger charge is 2.03. The predicted octanol–water partition coefficient (Wildman–Crippen LogP) is 10.8. The van der Waals surface area contributed by atoms with Gasteiger partial charge in [0.05, 0.1) is 13.2 Å². The van der Waals surface area contributed by atoms with Crippen molar-refractivity contribution in [2.75, 3.05) is 13.2 Å². The summed E-state index contributed by atoms with van der Waals surface area (Å²) in [4.78, 5) is 42.7. The minimum absolute atomic E-state index is 0.286. The first-order chi connectivity index (χ1) is 24.0. The highest BCUT2D eigenvalue weighted by Crippen LogP contribution is 2.17. The van der Waals surface area contributed by atoms with Gasteiger partial charge >= 0.3 is 23.9 Å². The van der Waals surface area contributed by atoms with Crippen LogP contribution >= 0.6 is 0 Å². The monoisotopic (exact) mass is 694 g/mol. The summed E-state index contributed by atoms with van der Waals surface area (Å²) in [5.41, 5.74) is 3.44. The van der Waals surface area contributed by atoms with Crippen LogP contribution in [0, 0.1) is 0 Å². The number of esters is 2. The first kappa shape index (κ1) is 45.8. The van der Waals surface area contributed by atoms with E-state index in [9.17, 15) is 19.2 Å². The first-order valence-electron chi connectivity index (χ1n) is 18.2. The van der Waals surface area contributed by atoms with Crippen molar-refractivity contribution in [3.63, 3.8) is 0 Å². The number of rotatable bonds is 25. The van der Waals surface area contributed by atoms with Crippen LogP contribution in [0.4, 0.5) is 0 Å². The summed E-state index contributed by atoms with van der Waals surface area (Å²) >= 11 is 0. The lowest BCUT2D eigenvalue weighted by molar-refractivity contribution is -0.139. The van der Waals surface area contributed by atoms with Gasteiger partial charge in [0.1, 0.15) is 0 Å². The molecule has 278 valence electrons. The van der Waals surface area contributed by atoms with Gasteiger partial charge in [-0.1, -0.05) is 151 Å². The fourth-order valence-electron chi connectivity index (χ4n) is 4.72. The molecule has 8 heteroatoms. The SMILES string of the molecule is C=C(C)C(=O)OCCCCCCCCCCC(=O)O.C=C(C)C(=O)OCCCCCCCCCCC(=O)O.c1ccc(-c2ccccc2)cc1. The molecule has 0 saturated carbocycles. The number of ether oxygens (including phenoxy) is 2. The van der Waals surface area contributed by atoms with Crippen LogP contribution in [0.1, 0.15) is 129 Å². The second-order valence-electron chi connectivity index (χ2n) is 12.5. The summed E-state index contributed by atoms with van der Waals surface area (Å²) in [5, 5.41) is 16.9. The summed E-state index contributed by atoms with van der Waals surface area (Å²) in [6, 6.07) is 20.8. The Hall–Kier alpha value is -4.20. The standard InChI is InChI=1S/2C15H26O4.C12H10/c2*1-13(2)15(18)19-12-10-8-6-4-3-5-7-9-11-14(16)17;1-3-7-11(8-4-1)12-9-5-2-6-10-12/h2*1,3-12H2,2H3,(H,16,17);1-10H. The number of aliphatic carboxylic acids is 2. The summed E-state index contributed by atoms with van der Waals surface area (Å²) in [6.45, 7) is 11.3. The Morgan fingerprint density at radius 3 is 0.980 bits per heavy atom. The summed E-state index contributed by atoms with van der Waals surface area (Å²) < 4.78 is 9.98. The fourth-order valence-corrected chi connectivity index (χ4v) is 4.72. The van der Waals surface area contributed by atoms with Crippen molar-refractivity contribution in [1.29, 1.82) is 0 Å². The fraction of sp³-hybridized carbons (Fsp3) is 0.524. The highest BCUT2D eigenvalue weighted by atomic mass is 16.5. The molecule has 2 aromatic carbocycles. The molecule has 0 spiro atoms. The molecule has 50 heavy (non-hydrogen) atoms. The normalized spacial score (nSPS) is 10.0. The van der Waals surface area contributed by atoms with Crippen LogP contribution in [-0.4, -0.2) is 47.3 Å². The predicted molar refractivity (Wildman–Crippen MR) is 202 cm³/mol. The first-order valence-corrected chi connectivity index (χ1v) is 18.2. The molecule has 0 atom stereocenters. The Bertz CT molecular complexity index is 1110. The maximum atomic E-state index is 11.1. The summed E-state index contributed by atoms with van der Waals surface area (Å²) in [6.07, 6.45) is 17.2. The third kappa shape index (κ3) is 29.9. The van der Waals surface area contributed by atoms with Crippen LogP contribution in [0.25, 0.3) is 11.1 Å². The number of unbranched alkanes of at least 4 members (excludes halogenated alkanes) is 14. The van der Waals surface area contributed by atoms with Crippen LogP contribution in [-0.2, 0) is 28.7 Å². The lowest BCUT2D eigenvalue weighted by atomic mass is 10.1. The van der Waals surface area contributed by atoms with Crippen molar-refractivity contribution in [2.24, 2.45) is 0 Å². The van der Waals surface area contributed by atoms with Gasteiger partial charge in [-0.3, -0.25) is 9.59 Å². The van der Waals surface area contributed by atoms with Crippen molar-refractivity contribution >= 4 is 23.9 Å². The molecule has 0 unspecified atom stereocenters. The van der Waals surface area contributed by atoms with Crippen LogP contribution < -0.4 is 0 Å². The zero-order valence-corrected chi connectivity index (χ0v) is 30.7. The van der Waals surface area contributed by atoms with E-state index in [1.807, 2.05) is 12.1 Å². The van der Waals surface area contributed by atoms with Crippen molar-refractivity contribution in [3.05, 3.63) is 85.0 Å². The van der Waals surface area contributed by atoms with E-state index in [1.54, 1.807) is 13.8 Å². The molecular weight excluding hydrogens is 632 g/mol. The maximum Gasteiger partial charge on any atom is 0.333 e. The molecule has 0 aliphatic carbocycles. The molecule has 0 fully saturated rings. The molecule has 2 aromatic rings. The van der Waals surface area contributed by atoms with Gasteiger partial charge in [-0.05, 0) is 50.7 Å². The van der Waals surface area contributed by atoms with Crippen molar-refractivity contribution in [2.45, 2.75) is 129 Å². The van der Waals surface area contributed by atoms with Crippen molar-refractivity contribution < 1.29 is 38.9 Å². The van der Waals surface area contributed by atoms with Gasteiger partial charge in [0.2, 0.25) is 0 Å². The lowest BCUT2D eigenvalue weighted by Gasteiger charge is -2.04. The molecule has 2 N–H and O–H groups in total. The van der Waals surface area contributed by atoms with E-state index in [-0.39, 0.29) is 24.8 Å². The van der Waals surface area contributed by atoms with Gasteiger partial charge in [-0.2, -0.15) is 0 Å². The number of carbonyl (C=O) groups excluding carboxylic acids is 2. The van der Waals surface area contributed by atoms with Crippen LogP contribution in [0.15, 0.2) is 85.0 Å². The lowest BCUT2D eigenvalue weighted by Crippen LogP contribution is -2.05. The van der Waals surface area contributed by atoms with E-state index in [4.69, 9.17) is 19.7 Å². The second kappa shape index (κ2) is 32.0. The molecule has 0 amide bonds. The minimum atomic E-state index is -0.704. The zero-order chi connectivity index (χ0) is 37.2. The molecule has 0 aliphatic heterocycles. The number of hydrogen-bond acceptors (Lipinski definition) is 6. The van der Waals surface area contributed by atoms with Crippen LogP contribution in [0.5, 0.6) is 0 Å². The number of carboxylic acid groups (broad SMARTS) is 2. The number of benzene rings is 2. The van der Waals surface area contributed by atoms with Crippen molar-refractivity contribution in [3.8, 4) is 11.1 Å². The van der Waals surface area contributed by atoms with Crippen LogP contribution in [0.2, 0.25) is 0 Å². The molecular formula is C42H62O8. The molecule has 0 aromatic heterocycles. The molecule has 0 bridgehead atoms. The number of carbonyl (C=O) groups is 4. The van der Waals surface area contributed by atoms with E-state index >= 15 is 0 Å². The molecule has 0 aliphatic rings. The molecule has 0 radical (unpaired) electrons. The highest BCUT2D eigenvalue weighted by molar-refractivity contribution is 5.87. The Morgan fingerprint density at radius 2 is 0.720 bits per heavy atom. The summed E-state index contributed by atoms with van der Waals surface area (Å²) in [5.74, 6) is -2.02. The van der Waals surface area contributed by atoms with Crippen molar-refractivity contribution in [1.82, 2.24) is 0 Å². The molecule has 8 nitrogen and oxygen atoms in total. The Kier molecular flexibility index (Phi) is 29.3. The molecule has 0 heterocycles. The Labute approximate surface area is 301 Å². The van der Waals surface area contributed by atoms with E-state index in [1.165, 1.54) is 24.0 Å². The van der Waals surface area contributed by atoms with E-state index in [2.05, 4.69) is 61.7 Å². The average Bonchev–Trinajstić information content (AvgIpc) is 3.10. The number of carboxylic acids is 2. The van der Waals surface area contributed by atoms with Gasteiger partial charge in [-0.15, -0.1) is 0 Å². The largest absolute Gasteiger partial charge is 0.481 e. The maximum absolute atomic E-state index is 11.1. The number of hydrogen-bond donors (Lipinski definition) is 2. The van der Waals surface area contributed by atoms with Gasteiger partial charge in [0, 0.05) is 24.0 Å². The van der Waals surface area contributed by atoms with E-state index in [0.29, 0.717) is 24.4 Å². The van der Waals surface area contributed by atoms with E-state index in [0.717, 1.165) is 89.9 Å². The summed E-state index contributed by atoms with van der Waals surface area (Å²) in [7, 11) is 0. The Balaban J connectivity index is 0.000000737. The quantitative estimate of drug-likeness (QED) is 0.0597. The third-order valence-electron chi connectivity index (χ3n) is 7.61. The van der Waals surface area contributed by atoms with Gasteiger partial charge in [0.15, 0.2) is 0 Å². The van der Waals surface area contributed by atoms with Gasteiger partial charge in [-0.25, -0.2) is 9.59 Å². The third-order valence-corrected chi connectivity index (χ3v) is 7.61. The Morgan fingerprint density at radius 1 is 0.460 bits per heavy atom. The van der Waals surface area contributed by atoms with Gasteiger partial charge < -0.3 is 19.7 Å². The zero-order valence-electron chi connectivity index (χ0n) is 30.7.